The van der Waals surface area contributed by atoms with Gasteiger partial charge in [0.1, 0.15) is 0 Å². The zero-order valence-corrected chi connectivity index (χ0v) is 17.2. The summed E-state index contributed by atoms with van der Waals surface area (Å²) >= 11 is 0. The van der Waals surface area contributed by atoms with Crippen molar-refractivity contribution in [2.45, 2.75) is 38.4 Å². The number of likely N-dealkylation sites (tertiary alicyclic amines) is 1. The molecule has 0 N–H and O–H groups in total. The fourth-order valence-electron chi connectivity index (χ4n) is 3.73. The van der Waals surface area contributed by atoms with E-state index in [1.807, 2.05) is 0 Å². The first-order valence-electron chi connectivity index (χ1n) is 10.1. The minimum Gasteiger partial charge on any atom is -0.405 e. The molecule has 1 fully saturated rings. The summed E-state index contributed by atoms with van der Waals surface area (Å²) in [5.74, 6) is -2.62. The molecule has 30 heavy (non-hydrogen) atoms. The first-order chi connectivity index (χ1) is 14.4. The molecule has 0 bridgehead atoms. The molecule has 1 unspecified atom stereocenters. The van der Waals surface area contributed by atoms with E-state index >= 15 is 0 Å². The maximum Gasteiger partial charge on any atom is 0.335 e. The number of hydrogen-bond acceptors (Lipinski definition) is 6. The van der Waals surface area contributed by atoms with Crippen LogP contribution in [-0.4, -0.2) is 42.4 Å². The zero-order chi connectivity index (χ0) is 21.1. The van der Waals surface area contributed by atoms with Crippen molar-refractivity contribution in [3.63, 3.8) is 0 Å². The van der Waals surface area contributed by atoms with Crippen LogP contribution in [0.3, 0.4) is 0 Å². The van der Waals surface area contributed by atoms with E-state index in [2.05, 4.69) is 55.5 Å². The number of rotatable bonds is 4. The lowest BCUT2D eigenvalue weighted by Gasteiger charge is -2.44. The molecule has 1 atom stereocenters. The third kappa shape index (κ3) is 4.45. The SMILES string of the molecule is Cc1ccc(-c2ccc(COC3CCN(C)C4(C3)OC(=O)C=CC(=O)O4)cc2)cc1. The molecule has 156 valence electrons. The van der Waals surface area contributed by atoms with Gasteiger partial charge < -0.3 is 14.2 Å². The van der Waals surface area contributed by atoms with E-state index in [0.29, 0.717) is 13.2 Å². The number of aryl methyl sites for hydroxylation is 1. The molecule has 6 heteroatoms. The predicted molar refractivity (Wildman–Crippen MR) is 111 cm³/mol. The van der Waals surface area contributed by atoms with Gasteiger partial charge in [0.05, 0.1) is 19.1 Å². The molecule has 0 aliphatic carbocycles. The molecule has 0 amide bonds. The molecular formula is C24H25NO5. The van der Waals surface area contributed by atoms with Crippen molar-refractivity contribution in [3.05, 3.63) is 71.8 Å². The van der Waals surface area contributed by atoms with E-state index in [1.165, 1.54) is 11.1 Å². The molecule has 1 spiro atoms. The molecule has 0 radical (unpaired) electrons. The Morgan fingerprint density at radius 2 is 1.53 bits per heavy atom. The normalized spacial score (nSPS) is 21.2. The standard InChI is InChI=1S/C24H25NO5/c1-17-3-7-19(8-4-17)20-9-5-18(6-10-20)16-28-21-13-14-25(2)24(15-21)29-22(26)11-12-23(27)30-24/h3-12,21H,13-16H2,1-2H3. The van der Waals surface area contributed by atoms with Crippen LogP contribution in [0.25, 0.3) is 11.1 Å². The lowest BCUT2D eigenvalue weighted by molar-refractivity contribution is -0.300. The highest BCUT2D eigenvalue weighted by molar-refractivity contribution is 5.93. The summed E-state index contributed by atoms with van der Waals surface area (Å²) in [6.45, 7) is 3.08. The second-order valence-corrected chi connectivity index (χ2v) is 7.80. The zero-order valence-electron chi connectivity index (χ0n) is 17.2. The van der Waals surface area contributed by atoms with Crippen LogP contribution in [0.2, 0.25) is 0 Å². The van der Waals surface area contributed by atoms with Crippen LogP contribution in [0.4, 0.5) is 0 Å². The summed E-state index contributed by atoms with van der Waals surface area (Å²) in [6, 6.07) is 16.7. The second-order valence-electron chi connectivity index (χ2n) is 7.80. The summed E-state index contributed by atoms with van der Waals surface area (Å²) < 4.78 is 17.0. The van der Waals surface area contributed by atoms with Crippen LogP contribution >= 0.6 is 0 Å². The third-order valence-electron chi connectivity index (χ3n) is 5.55. The Balaban J connectivity index is 1.39. The topological polar surface area (TPSA) is 65.1 Å². The van der Waals surface area contributed by atoms with Crippen molar-refractivity contribution in [1.82, 2.24) is 4.90 Å². The highest BCUT2D eigenvalue weighted by Gasteiger charge is 2.48. The van der Waals surface area contributed by atoms with Gasteiger partial charge in [-0.1, -0.05) is 54.1 Å². The Morgan fingerprint density at radius 1 is 0.967 bits per heavy atom. The highest BCUT2D eigenvalue weighted by atomic mass is 16.8. The Labute approximate surface area is 176 Å². The van der Waals surface area contributed by atoms with Gasteiger partial charge in [0.2, 0.25) is 0 Å². The van der Waals surface area contributed by atoms with Gasteiger partial charge in [0.25, 0.3) is 0 Å². The van der Waals surface area contributed by atoms with Crippen LogP contribution in [0.15, 0.2) is 60.7 Å². The first kappa shape index (κ1) is 20.3. The average Bonchev–Trinajstić information content (AvgIpc) is 2.88. The minimum atomic E-state index is -1.42. The Kier molecular flexibility index (Phi) is 5.70. The predicted octanol–water partition coefficient (Wildman–Crippen LogP) is 3.58. The van der Waals surface area contributed by atoms with E-state index in [9.17, 15) is 9.59 Å². The number of carbonyl (C=O) groups is 2. The number of esters is 2. The van der Waals surface area contributed by atoms with Gasteiger partial charge in [0, 0.05) is 18.7 Å². The molecule has 0 aromatic heterocycles. The van der Waals surface area contributed by atoms with Gasteiger partial charge in [-0.25, -0.2) is 14.5 Å². The summed E-state index contributed by atoms with van der Waals surface area (Å²) in [5.41, 5.74) is 4.62. The lowest BCUT2D eigenvalue weighted by Crippen LogP contribution is -2.58. The van der Waals surface area contributed by atoms with E-state index in [0.717, 1.165) is 29.7 Å². The molecule has 2 aliphatic heterocycles. The van der Waals surface area contributed by atoms with E-state index in [-0.39, 0.29) is 12.5 Å². The molecule has 2 aliphatic rings. The highest BCUT2D eigenvalue weighted by Crippen LogP contribution is 2.33. The lowest BCUT2D eigenvalue weighted by atomic mass is 10.0. The van der Waals surface area contributed by atoms with E-state index in [1.54, 1.807) is 11.9 Å². The first-order valence-corrected chi connectivity index (χ1v) is 10.1. The molecule has 2 aromatic carbocycles. The number of carbonyl (C=O) groups excluding carboxylic acids is 2. The van der Waals surface area contributed by atoms with Gasteiger partial charge in [-0.05, 0) is 37.1 Å². The van der Waals surface area contributed by atoms with Crippen LogP contribution in [-0.2, 0) is 30.4 Å². The molecule has 4 rings (SSSR count). The van der Waals surface area contributed by atoms with Crippen molar-refractivity contribution in [3.8, 4) is 11.1 Å². The van der Waals surface area contributed by atoms with Crippen molar-refractivity contribution in [1.29, 1.82) is 0 Å². The third-order valence-corrected chi connectivity index (χ3v) is 5.55. The average molecular weight is 407 g/mol. The molecule has 0 saturated carbocycles. The maximum atomic E-state index is 11.9. The molecular weight excluding hydrogens is 382 g/mol. The van der Waals surface area contributed by atoms with Gasteiger partial charge in [-0.15, -0.1) is 0 Å². The summed E-state index contributed by atoms with van der Waals surface area (Å²) in [7, 11) is 1.77. The number of ether oxygens (including phenoxy) is 3. The van der Waals surface area contributed by atoms with Crippen LogP contribution in [0.1, 0.15) is 24.0 Å². The monoisotopic (exact) mass is 407 g/mol. The number of benzene rings is 2. The Hall–Kier alpha value is -2.96. The molecule has 1 saturated heterocycles. The van der Waals surface area contributed by atoms with Gasteiger partial charge in [-0.3, -0.25) is 0 Å². The van der Waals surface area contributed by atoms with Gasteiger partial charge >= 0.3 is 17.8 Å². The fraction of sp³-hybridized carbons (Fsp3) is 0.333. The quantitative estimate of drug-likeness (QED) is 0.722. The van der Waals surface area contributed by atoms with Gasteiger partial charge in [0.15, 0.2) is 0 Å². The number of piperidine rings is 1. The van der Waals surface area contributed by atoms with Crippen LogP contribution < -0.4 is 0 Å². The largest absolute Gasteiger partial charge is 0.405 e. The van der Waals surface area contributed by atoms with Crippen LogP contribution in [0.5, 0.6) is 0 Å². The smallest absolute Gasteiger partial charge is 0.335 e. The van der Waals surface area contributed by atoms with Crippen molar-refractivity contribution in [2.75, 3.05) is 13.6 Å². The number of nitrogens with zero attached hydrogens (tertiary/aromatic N) is 1. The second kappa shape index (κ2) is 8.42. The number of hydrogen-bond donors (Lipinski definition) is 0. The minimum absolute atomic E-state index is 0.198. The Morgan fingerprint density at radius 3 is 2.13 bits per heavy atom. The van der Waals surface area contributed by atoms with Crippen molar-refractivity contribution < 1.29 is 23.8 Å². The van der Waals surface area contributed by atoms with Gasteiger partial charge in [-0.2, -0.15) is 0 Å². The summed E-state index contributed by atoms with van der Waals surface area (Å²) in [4.78, 5) is 25.5. The van der Waals surface area contributed by atoms with Crippen molar-refractivity contribution >= 4 is 11.9 Å². The molecule has 2 heterocycles. The van der Waals surface area contributed by atoms with E-state index in [4.69, 9.17) is 14.2 Å². The van der Waals surface area contributed by atoms with Crippen LogP contribution in [0, 0.1) is 6.92 Å². The summed E-state index contributed by atoms with van der Waals surface area (Å²) in [5, 5.41) is 0. The molecule has 2 aromatic rings. The Bertz CT molecular complexity index is 929. The summed E-state index contributed by atoms with van der Waals surface area (Å²) in [6.07, 6.45) is 3.00. The fourth-order valence-corrected chi connectivity index (χ4v) is 3.73. The van der Waals surface area contributed by atoms with E-state index < -0.39 is 17.8 Å². The molecule has 6 nitrogen and oxygen atoms in total. The maximum absolute atomic E-state index is 11.9. The van der Waals surface area contributed by atoms with Crippen molar-refractivity contribution in [2.24, 2.45) is 0 Å².